The number of hydroxylamine groups is 2. The zero-order chi connectivity index (χ0) is 18.5. The molecule has 1 aliphatic heterocycles. The molecule has 0 N–H and O–H groups in total. The van der Waals surface area contributed by atoms with Crippen molar-refractivity contribution >= 4 is 17.2 Å². The van der Waals surface area contributed by atoms with Crippen molar-refractivity contribution in [2.24, 2.45) is 0 Å². The topological polar surface area (TPSA) is 48.0 Å². The monoisotopic (exact) mass is 381 g/mol. The molecule has 1 aromatic heterocycles. The van der Waals surface area contributed by atoms with E-state index < -0.39 is 6.29 Å². The number of para-hydroxylation sites is 1. The summed E-state index contributed by atoms with van der Waals surface area (Å²) >= 11 is 1.53. The Bertz CT molecular complexity index is 854. The van der Waals surface area contributed by atoms with Gasteiger partial charge in [0, 0.05) is 5.56 Å². The van der Waals surface area contributed by atoms with Gasteiger partial charge in [-0.3, -0.25) is 4.79 Å². The van der Waals surface area contributed by atoms with Crippen LogP contribution in [0.2, 0.25) is 0 Å². The molecule has 2 atom stereocenters. The third-order valence-electron chi connectivity index (χ3n) is 4.11. The van der Waals surface area contributed by atoms with Gasteiger partial charge < -0.3 is 9.47 Å². The normalized spacial score (nSPS) is 19.6. The predicted molar refractivity (Wildman–Crippen MR) is 102 cm³/mol. The van der Waals surface area contributed by atoms with Crippen molar-refractivity contribution in [1.82, 2.24) is 5.06 Å². The molecule has 6 heteroatoms. The van der Waals surface area contributed by atoms with E-state index in [1.54, 1.807) is 12.1 Å². The van der Waals surface area contributed by atoms with Gasteiger partial charge in [-0.15, -0.1) is 11.3 Å². The lowest BCUT2D eigenvalue weighted by molar-refractivity contribution is -0.324. The van der Waals surface area contributed by atoms with E-state index in [1.807, 2.05) is 66.0 Å². The first-order chi connectivity index (χ1) is 13.3. The zero-order valence-electron chi connectivity index (χ0n) is 14.6. The lowest BCUT2D eigenvalue weighted by atomic mass is 10.2. The van der Waals surface area contributed by atoms with Crippen LogP contribution in [0, 0.1) is 0 Å². The molecule has 1 amide bonds. The number of rotatable bonds is 5. The molecule has 2 aromatic carbocycles. The highest BCUT2D eigenvalue weighted by Gasteiger charge is 2.34. The van der Waals surface area contributed by atoms with Crippen LogP contribution in [0.1, 0.15) is 21.5 Å². The van der Waals surface area contributed by atoms with Crippen molar-refractivity contribution in [2.45, 2.75) is 12.4 Å². The van der Waals surface area contributed by atoms with E-state index in [0.717, 1.165) is 10.6 Å². The first kappa shape index (κ1) is 17.7. The number of carbonyl (C=O) groups is 1. The summed E-state index contributed by atoms with van der Waals surface area (Å²) in [6.45, 7) is 0.621. The fraction of sp³-hybridized carbons (Fsp3) is 0.190. The average Bonchev–Trinajstić information content (AvgIpc) is 3.28. The molecular weight excluding hydrogens is 362 g/mol. The molecule has 0 unspecified atom stereocenters. The third-order valence-corrected chi connectivity index (χ3v) is 5.00. The quantitative estimate of drug-likeness (QED) is 0.661. The maximum Gasteiger partial charge on any atom is 0.277 e. The predicted octanol–water partition coefficient (Wildman–Crippen LogP) is 4.30. The van der Waals surface area contributed by atoms with Gasteiger partial charge in [0.05, 0.1) is 11.4 Å². The molecule has 0 aliphatic carbocycles. The van der Waals surface area contributed by atoms with Gasteiger partial charge in [-0.2, -0.15) is 0 Å². The lowest BCUT2D eigenvalue weighted by Gasteiger charge is -2.36. The minimum Gasteiger partial charge on any atom is -0.491 e. The third kappa shape index (κ3) is 4.36. The van der Waals surface area contributed by atoms with Gasteiger partial charge >= 0.3 is 0 Å². The number of hydrogen-bond acceptors (Lipinski definition) is 5. The van der Waals surface area contributed by atoms with E-state index in [4.69, 9.17) is 14.3 Å². The fourth-order valence-corrected chi connectivity index (χ4v) is 3.47. The summed E-state index contributed by atoms with van der Waals surface area (Å²) in [4.78, 5) is 19.6. The van der Waals surface area contributed by atoms with E-state index in [-0.39, 0.29) is 12.0 Å². The number of hydrogen-bond donors (Lipinski definition) is 0. The summed E-state index contributed by atoms with van der Waals surface area (Å²) in [6, 6.07) is 22.5. The minimum atomic E-state index is -0.629. The van der Waals surface area contributed by atoms with Gasteiger partial charge in [0.2, 0.25) is 6.29 Å². The molecule has 0 bridgehead atoms. The average molecular weight is 381 g/mol. The molecule has 27 heavy (non-hydrogen) atoms. The first-order valence-electron chi connectivity index (χ1n) is 8.70. The molecule has 3 aromatic rings. The van der Waals surface area contributed by atoms with E-state index in [0.29, 0.717) is 18.7 Å². The number of carbonyl (C=O) groups excluding carboxylic acids is 1. The second-order valence-corrected chi connectivity index (χ2v) is 7.05. The van der Waals surface area contributed by atoms with Crippen LogP contribution in [0.25, 0.3) is 0 Å². The smallest absolute Gasteiger partial charge is 0.277 e. The van der Waals surface area contributed by atoms with Gasteiger partial charge in [0.15, 0.2) is 0 Å². The highest BCUT2D eigenvalue weighted by molar-refractivity contribution is 7.10. The van der Waals surface area contributed by atoms with Gasteiger partial charge in [0.25, 0.3) is 5.91 Å². The standard InChI is InChI=1S/C21H19NO4S/c23-20(16-8-3-1-4-9-16)22-14-18(15-24-17-10-5-2-6-11-17)25-21(26-22)19-12-7-13-27-19/h1-13,18,21H,14-15H2/t18-,21+/m1/s1. The SMILES string of the molecule is O=C(c1ccccc1)N1C[C@H](COc2ccccc2)O[C@H](c2cccs2)O1. The van der Waals surface area contributed by atoms with Crippen LogP contribution in [0.5, 0.6) is 5.75 Å². The van der Waals surface area contributed by atoms with E-state index in [1.165, 1.54) is 16.4 Å². The Morgan fingerprint density at radius 3 is 2.48 bits per heavy atom. The molecule has 0 spiro atoms. The number of thiophene rings is 1. The van der Waals surface area contributed by atoms with Crippen molar-refractivity contribution in [1.29, 1.82) is 0 Å². The largest absolute Gasteiger partial charge is 0.491 e. The molecule has 0 saturated carbocycles. The Hall–Kier alpha value is -2.67. The summed E-state index contributed by atoms with van der Waals surface area (Å²) in [5.74, 6) is 0.575. The maximum absolute atomic E-state index is 12.8. The molecule has 0 radical (unpaired) electrons. The maximum atomic E-state index is 12.8. The van der Waals surface area contributed by atoms with Crippen molar-refractivity contribution in [2.75, 3.05) is 13.2 Å². The molecule has 138 valence electrons. The summed E-state index contributed by atoms with van der Waals surface area (Å²) in [5.41, 5.74) is 0.576. The summed E-state index contributed by atoms with van der Waals surface area (Å²) in [5, 5.41) is 3.33. The molecule has 1 aliphatic rings. The Morgan fingerprint density at radius 1 is 1.04 bits per heavy atom. The van der Waals surface area contributed by atoms with Crippen LogP contribution in [-0.4, -0.2) is 30.2 Å². The Balaban J connectivity index is 1.50. The summed E-state index contributed by atoms with van der Waals surface area (Å²) < 4.78 is 11.9. The van der Waals surface area contributed by atoms with Crippen molar-refractivity contribution < 1.29 is 19.1 Å². The first-order valence-corrected chi connectivity index (χ1v) is 9.58. The summed E-state index contributed by atoms with van der Waals surface area (Å²) in [7, 11) is 0. The van der Waals surface area contributed by atoms with Crippen LogP contribution >= 0.6 is 11.3 Å². The van der Waals surface area contributed by atoms with Crippen molar-refractivity contribution in [3.8, 4) is 5.75 Å². The Morgan fingerprint density at radius 2 is 1.78 bits per heavy atom. The van der Waals surface area contributed by atoms with Crippen molar-refractivity contribution in [3.63, 3.8) is 0 Å². The van der Waals surface area contributed by atoms with Gasteiger partial charge in [-0.25, -0.2) is 9.90 Å². The zero-order valence-corrected chi connectivity index (χ0v) is 15.4. The van der Waals surface area contributed by atoms with Crippen LogP contribution in [-0.2, 0) is 9.57 Å². The number of nitrogens with zero attached hydrogens (tertiary/aromatic N) is 1. The molecule has 4 rings (SSSR count). The van der Waals surface area contributed by atoms with Gasteiger partial charge in [-0.05, 0) is 35.7 Å². The van der Waals surface area contributed by atoms with E-state index >= 15 is 0 Å². The van der Waals surface area contributed by atoms with Crippen LogP contribution in [0.15, 0.2) is 78.2 Å². The van der Waals surface area contributed by atoms with E-state index in [2.05, 4.69) is 0 Å². The number of amides is 1. The molecule has 1 fully saturated rings. The van der Waals surface area contributed by atoms with Gasteiger partial charge in [0.1, 0.15) is 18.5 Å². The summed E-state index contributed by atoms with van der Waals surface area (Å²) in [6.07, 6.45) is -0.936. The Labute approximate surface area is 161 Å². The lowest BCUT2D eigenvalue weighted by Crippen LogP contribution is -2.47. The molecule has 2 heterocycles. The highest BCUT2D eigenvalue weighted by Crippen LogP contribution is 2.30. The second kappa shape index (κ2) is 8.35. The molecule has 5 nitrogen and oxygen atoms in total. The molecular formula is C21H19NO4S. The van der Waals surface area contributed by atoms with Gasteiger partial charge in [-0.1, -0.05) is 42.5 Å². The number of ether oxygens (including phenoxy) is 2. The second-order valence-electron chi connectivity index (χ2n) is 6.07. The highest BCUT2D eigenvalue weighted by atomic mass is 32.1. The molecule has 1 saturated heterocycles. The fourth-order valence-electron chi connectivity index (χ4n) is 2.78. The van der Waals surface area contributed by atoms with E-state index in [9.17, 15) is 4.79 Å². The van der Waals surface area contributed by atoms with Crippen LogP contribution in [0.3, 0.4) is 0 Å². The van der Waals surface area contributed by atoms with Crippen molar-refractivity contribution in [3.05, 3.63) is 88.6 Å². The number of benzene rings is 2. The minimum absolute atomic E-state index is 0.190. The van der Waals surface area contributed by atoms with Crippen LogP contribution in [0.4, 0.5) is 0 Å². The Kier molecular flexibility index (Phi) is 5.48. The van der Waals surface area contributed by atoms with Crippen LogP contribution < -0.4 is 4.74 Å².